The fraction of sp³-hybridized carbons (Fsp3) is 0.0263. The van der Waals surface area contributed by atoms with Crippen molar-refractivity contribution in [3.8, 4) is 73.0 Å². The van der Waals surface area contributed by atoms with Crippen LogP contribution in [0.4, 0.5) is 0 Å². The third kappa shape index (κ3) is 6.57. The van der Waals surface area contributed by atoms with Crippen LogP contribution in [0.3, 0.4) is 0 Å². The van der Waals surface area contributed by atoms with E-state index < -0.39 is 0 Å². The van der Waals surface area contributed by atoms with E-state index in [4.69, 9.17) is 0 Å². The lowest BCUT2D eigenvalue weighted by Gasteiger charge is -2.24. The Morgan fingerprint density at radius 3 is 1.25 bits per heavy atom. The van der Waals surface area contributed by atoms with Crippen LogP contribution in [-0.2, 0) is 0 Å². The molecule has 0 radical (unpaired) electrons. The number of hydrogen-bond donors (Lipinski definition) is 0. The Balaban J connectivity index is 0.801. The van der Waals surface area contributed by atoms with E-state index in [0.717, 1.165) is 12.1 Å². The first-order valence-electron chi connectivity index (χ1n) is 27.9. The average molecular weight is 1020 g/mol. The van der Waals surface area contributed by atoms with E-state index in [1.165, 1.54) is 144 Å². The van der Waals surface area contributed by atoms with Crippen LogP contribution in [0, 0.1) is 0 Å². The third-order valence-electron chi connectivity index (χ3n) is 17.3. The van der Waals surface area contributed by atoms with E-state index in [1.54, 1.807) is 0 Å². The summed E-state index contributed by atoms with van der Waals surface area (Å²) in [6.07, 6.45) is 8.19. The minimum absolute atomic E-state index is 0.234. The molecule has 17 rings (SSSR count). The second-order valence-corrected chi connectivity index (χ2v) is 21.5. The fourth-order valence-corrected chi connectivity index (χ4v) is 13.8. The number of fused-ring (bicyclic) bond motifs is 18. The molecule has 0 saturated carbocycles. The Hall–Kier alpha value is -10.4. The number of allylic oxidation sites excluding steroid dienone is 4. The van der Waals surface area contributed by atoms with Gasteiger partial charge in [-0.1, -0.05) is 194 Å². The van der Waals surface area contributed by atoms with Crippen LogP contribution in [0.15, 0.2) is 285 Å². The minimum atomic E-state index is 0.234. The van der Waals surface area contributed by atoms with Crippen LogP contribution in [0.2, 0.25) is 0 Å². The molecule has 4 heteroatoms. The van der Waals surface area contributed by atoms with Crippen LogP contribution in [0.5, 0.6) is 0 Å². The van der Waals surface area contributed by atoms with Gasteiger partial charge in [0.25, 0.3) is 0 Å². The molecule has 0 bridgehead atoms. The lowest BCUT2D eigenvalue weighted by atomic mass is 9.84. The molecule has 2 aliphatic rings. The summed E-state index contributed by atoms with van der Waals surface area (Å²) in [6, 6.07) is 98.6. The van der Waals surface area contributed by atoms with Gasteiger partial charge in [-0.2, -0.15) is 0 Å². The van der Waals surface area contributed by atoms with Gasteiger partial charge < -0.3 is 18.3 Å². The molecule has 80 heavy (non-hydrogen) atoms. The molecule has 0 saturated heterocycles. The summed E-state index contributed by atoms with van der Waals surface area (Å²) in [7, 11) is 0. The predicted octanol–water partition coefficient (Wildman–Crippen LogP) is 20.0. The van der Waals surface area contributed by atoms with Gasteiger partial charge in [-0.25, -0.2) is 0 Å². The zero-order valence-corrected chi connectivity index (χ0v) is 43.7. The molecule has 1 unspecified atom stereocenters. The summed E-state index contributed by atoms with van der Waals surface area (Å²) in [5, 5.41) is 7.52. The first-order valence-corrected chi connectivity index (χ1v) is 27.9. The summed E-state index contributed by atoms with van der Waals surface area (Å²) >= 11 is 0. The Bertz CT molecular complexity index is 5070. The zero-order chi connectivity index (χ0) is 52.4. The molecule has 4 nitrogen and oxygen atoms in total. The van der Waals surface area contributed by atoms with Gasteiger partial charge in [-0.3, -0.25) is 0 Å². The number of aromatic nitrogens is 4. The molecule has 4 aromatic heterocycles. The quantitative estimate of drug-likeness (QED) is 0.158. The molecule has 11 aromatic carbocycles. The van der Waals surface area contributed by atoms with Crippen molar-refractivity contribution in [3.63, 3.8) is 0 Å². The van der Waals surface area contributed by atoms with Gasteiger partial charge in [0.1, 0.15) is 0 Å². The summed E-state index contributed by atoms with van der Waals surface area (Å²) < 4.78 is 9.86. The highest BCUT2D eigenvalue weighted by molar-refractivity contribution is 6.18. The highest BCUT2D eigenvalue weighted by Gasteiger charge is 2.33. The van der Waals surface area contributed by atoms with Crippen molar-refractivity contribution in [2.45, 2.75) is 12.3 Å². The largest absolute Gasteiger partial charge is 0.309 e. The predicted molar refractivity (Wildman–Crippen MR) is 335 cm³/mol. The Morgan fingerprint density at radius 2 is 0.700 bits per heavy atom. The van der Waals surface area contributed by atoms with E-state index in [9.17, 15) is 0 Å². The van der Waals surface area contributed by atoms with Crippen LogP contribution in [0.25, 0.3) is 144 Å². The minimum Gasteiger partial charge on any atom is -0.309 e. The van der Waals surface area contributed by atoms with Gasteiger partial charge in [0.05, 0.1) is 44.5 Å². The van der Waals surface area contributed by atoms with Crippen LogP contribution < -0.4 is 0 Å². The van der Waals surface area contributed by atoms with Crippen molar-refractivity contribution < 1.29 is 0 Å². The lowest BCUT2D eigenvalue weighted by Crippen LogP contribution is -2.06. The van der Waals surface area contributed by atoms with E-state index in [2.05, 4.69) is 303 Å². The highest BCUT2D eigenvalue weighted by atomic mass is 15.0. The topological polar surface area (TPSA) is 19.7 Å². The molecule has 374 valence electrons. The molecular formula is C76H50N4. The van der Waals surface area contributed by atoms with Gasteiger partial charge in [0, 0.05) is 83.2 Å². The molecule has 1 atom stereocenters. The van der Waals surface area contributed by atoms with Gasteiger partial charge in [0.15, 0.2) is 0 Å². The molecule has 15 aromatic rings. The van der Waals surface area contributed by atoms with E-state index in [1.807, 2.05) is 0 Å². The van der Waals surface area contributed by atoms with Gasteiger partial charge in [-0.15, -0.1) is 0 Å². The molecule has 0 N–H and O–H groups in total. The van der Waals surface area contributed by atoms with Crippen molar-refractivity contribution in [2.75, 3.05) is 0 Å². The van der Waals surface area contributed by atoms with Crippen molar-refractivity contribution >= 4 is 71.1 Å². The maximum atomic E-state index is 2.56. The molecule has 0 fully saturated rings. The van der Waals surface area contributed by atoms with Gasteiger partial charge in [-0.05, 0) is 125 Å². The second kappa shape index (κ2) is 17.6. The monoisotopic (exact) mass is 1020 g/mol. The van der Waals surface area contributed by atoms with Crippen LogP contribution in [0.1, 0.15) is 17.9 Å². The van der Waals surface area contributed by atoms with Crippen molar-refractivity contribution in [2.24, 2.45) is 0 Å². The normalized spacial score (nSPS) is 13.8. The Morgan fingerprint density at radius 1 is 0.287 bits per heavy atom. The van der Waals surface area contributed by atoms with Crippen LogP contribution >= 0.6 is 0 Å². The number of rotatable bonds is 6. The molecular weight excluding hydrogens is 969 g/mol. The summed E-state index contributed by atoms with van der Waals surface area (Å²) in [5.74, 6) is 0.234. The standard InChI is InChI=1S/C76H50N4/c1-3-19-53(20-4-1)77-67-31-15-11-23-57(67)65-47-51(39-45-71(65)77)49-35-41-55(42-36-49)79-69-33-17-13-29-63(69)73-60-26-8-10-28-62(60)76-74(59-25-7-9-27-61(59)75(73)79)64-30-14-18-34-70(64)80(76)56-43-37-50(38-44-56)52-40-46-72-66(48-52)58-24-12-16-32-68(58)78(72)54-21-5-2-6-22-54/h1-37,39-48,50H,38H2. The average Bonchev–Trinajstić information content (AvgIpc) is 4.28. The molecule has 2 aliphatic carbocycles. The van der Waals surface area contributed by atoms with Gasteiger partial charge in [0.2, 0.25) is 0 Å². The maximum absolute atomic E-state index is 2.56. The number of hydrogen-bond acceptors (Lipinski definition) is 0. The van der Waals surface area contributed by atoms with Gasteiger partial charge >= 0.3 is 0 Å². The third-order valence-corrected chi connectivity index (χ3v) is 17.3. The molecule has 0 amide bonds. The van der Waals surface area contributed by atoms with E-state index in [0.29, 0.717) is 0 Å². The zero-order valence-electron chi connectivity index (χ0n) is 43.7. The van der Waals surface area contributed by atoms with Crippen molar-refractivity contribution in [1.82, 2.24) is 18.3 Å². The SMILES string of the molecule is C1=CC(c2ccc3c(c2)c2ccccc2n3-c2ccccc2)CC=C1n1c2c(c3ccccc31)-c1ccccc1-c1c(c3ccccc3n1-c1ccc(-c3ccc4c(c3)c3ccccc3n4-c3ccccc3)cc1)-c1ccccc1-2. The summed E-state index contributed by atoms with van der Waals surface area (Å²) in [4.78, 5) is 0. The van der Waals surface area contributed by atoms with Crippen molar-refractivity contribution in [1.29, 1.82) is 0 Å². The molecule has 4 heterocycles. The highest BCUT2D eigenvalue weighted by Crippen LogP contribution is 2.55. The summed E-state index contributed by atoms with van der Waals surface area (Å²) in [5.41, 5.74) is 25.4. The number of benzene rings is 11. The molecule has 0 aliphatic heterocycles. The number of nitrogens with zero attached hydrogens (tertiary/aromatic N) is 4. The summed E-state index contributed by atoms with van der Waals surface area (Å²) in [6.45, 7) is 0. The first-order chi connectivity index (χ1) is 39.7. The lowest BCUT2D eigenvalue weighted by molar-refractivity contribution is 0.851. The van der Waals surface area contributed by atoms with E-state index >= 15 is 0 Å². The Labute approximate surface area is 462 Å². The smallest absolute Gasteiger partial charge is 0.0625 e. The van der Waals surface area contributed by atoms with E-state index in [-0.39, 0.29) is 5.92 Å². The molecule has 0 spiro atoms. The maximum Gasteiger partial charge on any atom is 0.0625 e. The number of para-hydroxylation sites is 6. The first kappa shape index (κ1) is 44.7. The fourth-order valence-electron chi connectivity index (χ4n) is 13.8. The van der Waals surface area contributed by atoms with Crippen molar-refractivity contribution in [3.05, 3.63) is 291 Å². The second-order valence-electron chi connectivity index (χ2n) is 21.5. The van der Waals surface area contributed by atoms with Crippen LogP contribution in [-0.4, -0.2) is 18.3 Å². The Kier molecular flexibility index (Phi) is 9.80.